The quantitative estimate of drug-likeness (QED) is 0.255. The van der Waals surface area contributed by atoms with Crippen LogP contribution in [0.15, 0.2) is 47.6 Å². The monoisotopic (exact) mass is 534 g/mol. The molecular weight excluding hydrogens is 488 g/mol. The molecule has 4 aliphatic rings. The second-order valence-electron chi connectivity index (χ2n) is 12.6. The molecule has 0 bridgehead atoms. The van der Waals surface area contributed by atoms with E-state index in [-0.39, 0.29) is 12.8 Å². The van der Waals surface area contributed by atoms with Gasteiger partial charge in [-0.3, -0.25) is 4.79 Å². The summed E-state index contributed by atoms with van der Waals surface area (Å²) in [5, 5.41) is 0. The van der Waals surface area contributed by atoms with Crippen molar-refractivity contribution in [2.24, 2.45) is 34.5 Å². The second kappa shape index (κ2) is 12.7. The molecule has 0 aliphatic heterocycles. The summed E-state index contributed by atoms with van der Waals surface area (Å²) in [6.07, 6.45) is 16.1. The Morgan fingerprint density at radius 2 is 1.08 bits per heavy atom. The predicted octanol–water partition coefficient (Wildman–Crippen LogP) is 10.0. The van der Waals surface area contributed by atoms with Gasteiger partial charge in [-0.2, -0.15) is 0 Å². The minimum Gasteiger partial charge on any atom is -0.298 e. The van der Waals surface area contributed by atoms with Gasteiger partial charge in [0.2, 0.25) is 12.9 Å². The van der Waals surface area contributed by atoms with Gasteiger partial charge in [-0.15, -0.1) is 0 Å². The molecule has 38 heavy (non-hydrogen) atoms. The lowest BCUT2D eigenvalue weighted by Crippen LogP contribution is -2.45. The number of Topliss-reactive ketones (excluding diaryl/α,β-unsaturated/α-hetero) is 1. The maximum absolute atomic E-state index is 14.2. The fourth-order valence-electron chi connectivity index (χ4n) is 7.67. The molecule has 1 nitrogen and oxygen atoms in total. The van der Waals surface area contributed by atoms with Crippen LogP contribution in [0.3, 0.4) is 0 Å². The van der Waals surface area contributed by atoms with Crippen molar-refractivity contribution in [3.63, 3.8) is 0 Å². The van der Waals surface area contributed by atoms with Crippen LogP contribution in [0.5, 0.6) is 0 Å². The van der Waals surface area contributed by atoms with Crippen molar-refractivity contribution in [2.45, 2.75) is 117 Å². The van der Waals surface area contributed by atoms with E-state index in [1.54, 1.807) is 12.2 Å². The smallest absolute Gasteiger partial charge is 0.239 e. The predicted molar refractivity (Wildman–Crippen MR) is 146 cm³/mol. The summed E-state index contributed by atoms with van der Waals surface area (Å²) in [7, 11) is 0. The first-order valence-corrected chi connectivity index (χ1v) is 15.1. The average Bonchev–Trinajstić information content (AvgIpc) is 2.93. The summed E-state index contributed by atoms with van der Waals surface area (Å²) in [5.74, 6) is 1.84. The van der Waals surface area contributed by atoms with E-state index in [0.717, 1.165) is 48.7 Å². The molecule has 0 aromatic rings. The fraction of sp³-hybridized carbons (Fsp3) is 0.727. The third-order valence-electron chi connectivity index (χ3n) is 10.3. The average molecular weight is 535 g/mol. The number of rotatable bonds is 10. The SMILES string of the molecule is CCC1CCC(C2=CCC(CC(F)F)(C(=O)C3(CC(F)F)C=CC(C4CCC(CC)CC4)=CC3)C=C2)CC1. The minimum absolute atomic E-state index is 0.173. The molecule has 2 unspecified atom stereocenters. The summed E-state index contributed by atoms with van der Waals surface area (Å²) < 4.78 is 55.6. The number of hydrogen-bond acceptors (Lipinski definition) is 1. The zero-order valence-electron chi connectivity index (χ0n) is 23.2. The van der Waals surface area contributed by atoms with Gasteiger partial charge in [0.25, 0.3) is 0 Å². The number of alkyl halides is 4. The summed E-state index contributed by atoms with van der Waals surface area (Å²) in [5.41, 5.74) is -0.627. The van der Waals surface area contributed by atoms with Gasteiger partial charge < -0.3 is 0 Å². The summed E-state index contributed by atoms with van der Waals surface area (Å²) in [4.78, 5) is 14.2. The van der Waals surface area contributed by atoms with E-state index in [1.807, 2.05) is 24.3 Å². The second-order valence-corrected chi connectivity index (χ2v) is 12.6. The Morgan fingerprint density at radius 1 is 0.711 bits per heavy atom. The molecule has 4 rings (SSSR count). The molecular formula is C33H46F4O. The molecule has 2 saturated carbocycles. The molecule has 0 aromatic heterocycles. The highest BCUT2D eigenvalue weighted by Crippen LogP contribution is 2.50. The molecule has 0 N–H and O–H groups in total. The first kappa shape index (κ1) is 29.3. The highest BCUT2D eigenvalue weighted by molar-refractivity contribution is 5.94. The lowest BCUT2D eigenvalue weighted by atomic mass is 9.60. The van der Waals surface area contributed by atoms with Crippen LogP contribution in [-0.2, 0) is 4.79 Å². The van der Waals surface area contributed by atoms with E-state index in [2.05, 4.69) is 13.8 Å². The molecule has 0 heterocycles. The molecule has 0 saturated heterocycles. The fourth-order valence-corrected chi connectivity index (χ4v) is 7.67. The summed E-state index contributed by atoms with van der Waals surface area (Å²) >= 11 is 0. The highest BCUT2D eigenvalue weighted by atomic mass is 19.3. The summed E-state index contributed by atoms with van der Waals surface area (Å²) in [6.45, 7) is 4.44. The van der Waals surface area contributed by atoms with Gasteiger partial charge in [-0.25, -0.2) is 17.6 Å². The third-order valence-corrected chi connectivity index (χ3v) is 10.3. The Morgan fingerprint density at radius 3 is 1.34 bits per heavy atom. The van der Waals surface area contributed by atoms with Gasteiger partial charge in [-0.1, -0.05) is 63.1 Å². The van der Waals surface area contributed by atoms with Gasteiger partial charge in [0, 0.05) is 12.8 Å². The Hall–Kier alpha value is -1.65. The largest absolute Gasteiger partial charge is 0.298 e. The van der Waals surface area contributed by atoms with Crippen molar-refractivity contribution < 1.29 is 22.4 Å². The van der Waals surface area contributed by atoms with E-state index in [0.29, 0.717) is 11.8 Å². The van der Waals surface area contributed by atoms with Crippen LogP contribution in [0.2, 0.25) is 0 Å². The Balaban J connectivity index is 1.53. The maximum atomic E-state index is 14.2. The molecule has 4 aliphatic carbocycles. The molecule has 0 amide bonds. The van der Waals surface area contributed by atoms with Crippen LogP contribution in [0, 0.1) is 34.5 Å². The Kier molecular flexibility index (Phi) is 9.79. The molecule has 0 aromatic carbocycles. The van der Waals surface area contributed by atoms with Crippen LogP contribution in [-0.4, -0.2) is 18.6 Å². The number of halogens is 4. The summed E-state index contributed by atoms with van der Waals surface area (Å²) in [6, 6.07) is 0. The van der Waals surface area contributed by atoms with Gasteiger partial charge in [0.05, 0.1) is 10.8 Å². The van der Waals surface area contributed by atoms with Crippen molar-refractivity contribution in [3.8, 4) is 0 Å². The highest BCUT2D eigenvalue weighted by Gasteiger charge is 2.50. The van der Waals surface area contributed by atoms with Crippen LogP contribution in [0.25, 0.3) is 0 Å². The van der Waals surface area contributed by atoms with E-state index in [4.69, 9.17) is 0 Å². The molecule has 0 spiro atoms. The van der Waals surface area contributed by atoms with Crippen molar-refractivity contribution in [1.29, 1.82) is 0 Å². The molecule has 5 heteroatoms. The van der Waals surface area contributed by atoms with Crippen molar-refractivity contribution >= 4 is 5.78 Å². The van der Waals surface area contributed by atoms with Crippen molar-refractivity contribution in [1.82, 2.24) is 0 Å². The van der Waals surface area contributed by atoms with Gasteiger partial charge in [0.15, 0.2) is 5.78 Å². The van der Waals surface area contributed by atoms with E-state index < -0.39 is 42.3 Å². The number of carbonyl (C=O) groups is 1. The van der Waals surface area contributed by atoms with E-state index in [1.165, 1.54) is 38.5 Å². The van der Waals surface area contributed by atoms with E-state index >= 15 is 0 Å². The number of hydrogen-bond donors (Lipinski definition) is 0. The third kappa shape index (κ3) is 6.55. The maximum Gasteiger partial charge on any atom is 0.239 e. The topological polar surface area (TPSA) is 17.1 Å². The van der Waals surface area contributed by atoms with Gasteiger partial charge >= 0.3 is 0 Å². The normalized spacial score (nSPS) is 35.9. The zero-order chi connectivity index (χ0) is 27.3. The van der Waals surface area contributed by atoms with Crippen molar-refractivity contribution in [2.75, 3.05) is 0 Å². The number of carbonyl (C=O) groups excluding carboxylic acids is 1. The molecule has 2 atom stereocenters. The van der Waals surface area contributed by atoms with Crippen LogP contribution in [0.4, 0.5) is 17.6 Å². The minimum atomic E-state index is -2.69. The van der Waals surface area contributed by atoms with Gasteiger partial charge in [0.1, 0.15) is 0 Å². The lowest BCUT2D eigenvalue weighted by Gasteiger charge is -2.42. The number of allylic oxidation sites excluding steroid dienone is 8. The number of ketones is 1. The van der Waals surface area contributed by atoms with Crippen molar-refractivity contribution in [3.05, 3.63) is 47.6 Å². The van der Waals surface area contributed by atoms with Crippen LogP contribution in [0.1, 0.15) is 104 Å². The lowest BCUT2D eigenvalue weighted by molar-refractivity contribution is -0.138. The molecule has 212 valence electrons. The Labute approximate surface area is 226 Å². The molecule has 2 fully saturated rings. The zero-order valence-corrected chi connectivity index (χ0v) is 23.2. The molecule has 0 radical (unpaired) electrons. The standard InChI is InChI=1S/C33H46F4O/c1-3-23-5-9-25(10-6-23)27-13-17-32(18-14-27,21-29(34)35)31(38)33(22-30(36)37)19-15-28(16-20-33)26-11-7-24(4-2)8-12-26/h13-17,19,23-26,29-30H,3-12,18,20-22H2,1-2H3. The van der Waals surface area contributed by atoms with Gasteiger partial charge in [-0.05, 0) is 99.0 Å². The van der Waals surface area contributed by atoms with E-state index in [9.17, 15) is 22.4 Å². The van der Waals surface area contributed by atoms with Crippen LogP contribution < -0.4 is 0 Å². The first-order valence-electron chi connectivity index (χ1n) is 15.1. The first-order chi connectivity index (χ1) is 18.2. The Bertz CT molecular complexity index is 857. The van der Waals surface area contributed by atoms with Crippen LogP contribution >= 0.6 is 0 Å².